The van der Waals surface area contributed by atoms with Crippen molar-refractivity contribution in [2.45, 2.75) is 44.6 Å². The molecular weight excluding hydrogens is 360 g/mol. The van der Waals surface area contributed by atoms with Crippen LogP contribution < -0.4 is 9.62 Å². The number of hydrogen-bond acceptors (Lipinski definition) is 3. The fourth-order valence-electron chi connectivity index (χ4n) is 3.55. The number of nitrogens with zero attached hydrogens (tertiary/aromatic N) is 1. The van der Waals surface area contributed by atoms with Crippen molar-refractivity contribution in [1.82, 2.24) is 4.72 Å². The Hall–Kier alpha value is -2.18. The predicted molar refractivity (Wildman–Crippen MR) is 107 cm³/mol. The van der Waals surface area contributed by atoms with Crippen molar-refractivity contribution in [1.29, 1.82) is 0 Å². The van der Waals surface area contributed by atoms with E-state index in [1.165, 1.54) is 6.92 Å². The van der Waals surface area contributed by atoms with Crippen molar-refractivity contribution in [2.75, 3.05) is 11.4 Å². The summed E-state index contributed by atoms with van der Waals surface area (Å²) in [6.45, 7) is 6.21. The molecule has 27 heavy (non-hydrogen) atoms. The highest BCUT2D eigenvalue weighted by atomic mass is 32.2. The van der Waals surface area contributed by atoms with Crippen LogP contribution in [0.2, 0.25) is 0 Å². The van der Waals surface area contributed by atoms with Gasteiger partial charge in [-0.15, -0.1) is 0 Å². The van der Waals surface area contributed by atoms with Crippen LogP contribution in [0.1, 0.15) is 44.4 Å². The highest BCUT2D eigenvalue weighted by Crippen LogP contribution is 2.30. The van der Waals surface area contributed by atoms with Gasteiger partial charge >= 0.3 is 0 Å². The maximum atomic E-state index is 13.0. The molecule has 2 aromatic carbocycles. The number of rotatable bonds is 5. The molecule has 2 aromatic rings. The van der Waals surface area contributed by atoms with E-state index in [2.05, 4.69) is 4.72 Å². The van der Waals surface area contributed by atoms with Gasteiger partial charge in [-0.1, -0.05) is 44.2 Å². The second-order valence-electron chi connectivity index (χ2n) is 7.32. The minimum Gasteiger partial charge on any atom is -0.312 e. The number of anilines is 1. The van der Waals surface area contributed by atoms with Crippen molar-refractivity contribution in [3.63, 3.8) is 0 Å². The van der Waals surface area contributed by atoms with Crippen LogP contribution >= 0.6 is 0 Å². The molecule has 144 valence electrons. The molecule has 0 saturated heterocycles. The van der Waals surface area contributed by atoms with Crippen LogP contribution in [-0.2, 0) is 21.2 Å². The van der Waals surface area contributed by atoms with E-state index < -0.39 is 10.0 Å². The van der Waals surface area contributed by atoms with E-state index in [1.54, 1.807) is 23.1 Å². The molecule has 1 heterocycles. The standard InChI is InChI=1S/C21H26N2O3S/c1-15(2)21(17-8-5-4-6-9-17)22-27(25,26)19-11-12-20-18(14-19)10-7-13-23(20)16(3)24/h4-6,8-9,11-12,14-15,21-22H,7,10,13H2,1-3H3/t21-/m0/s1. The predicted octanol–water partition coefficient (Wildman–Crippen LogP) is 3.66. The second kappa shape index (κ2) is 7.82. The van der Waals surface area contributed by atoms with Gasteiger partial charge in [0.15, 0.2) is 0 Å². The maximum absolute atomic E-state index is 13.0. The Balaban J connectivity index is 1.92. The van der Waals surface area contributed by atoms with E-state index in [4.69, 9.17) is 0 Å². The molecule has 0 unspecified atom stereocenters. The fraction of sp³-hybridized carbons (Fsp3) is 0.381. The lowest BCUT2D eigenvalue weighted by atomic mass is 9.97. The van der Waals surface area contributed by atoms with Gasteiger partial charge in [0, 0.05) is 25.2 Å². The molecule has 0 saturated carbocycles. The van der Waals surface area contributed by atoms with E-state index in [1.807, 2.05) is 44.2 Å². The average Bonchev–Trinajstić information content (AvgIpc) is 2.65. The molecule has 1 aliphatic rings. The molecule has 1 amide bonds. The van der Waals surface area contributed by atoms with Gasteiger partial charge < -0.3 is 4.90 Å². The van der Waals surface area contributed by atoms with Gasteiger partial charge in [0.2, 0.25) is 15.9 Å². The van der Waals surface area contributed by atoms with Crippen LogP contribution in [0.15, 0.2) is 53.4 Å². The maximum Gasteiger partial charge on any atom is 0.241 e. The number of nitrogens with one attached hydrogen (secondary N) is 1. The summed E-state index contributed by atoms with van der Waals surface area (Å²) in [6, 6.07) is 14.3. The molecule has 1 aliphatic heterocycles. The fourth-order valence-corrected chi connectivity index (χ4v) is 4.98. The number of carbonyl (C=O) groups is 1. The SMILES string of the molecule is CC(=O)N1CCCc2cc(S(=O)(=O)N[C@H](c3ccccc3)C(C)C)ccc21. The first-order valence-electron chi connectivity index (χ1n) is 9.28. The molecular formula is C21H26N2O3S. The zero-order chi connectivity index (χ0) is 19.6. The Bertz CT molecular complexity index is 924. The second-order valence-corrected chi connectivity index (χ2v) is 9.03. The minimum atomic E-state index is -3.68. The third-order valence-corrected chi connectivity index (χ3v) is 6.41. The molecule has 1 atom stereocenters. The molecule has 0 spiro atoms. The first-order valence-corrected chi connectivity index (χ1v) is 10.8. The molecule has 6 heteroatoms. The third-order valence-electron chi connectivity index (χ3n) is 4.97. The molecule has 1 N–H and O–H groups in total. The highest BCUT2D eigenvalue weighted by Gasteiger charge is 2.26. The zero-order valence-electron chi connectivity index (χ0n) is 16.0. The van der Waals surface area contributed by atoms with Crippen LogP contribution in [0.3, 0.4) is 0 Å². The summed E-state index contributed by atoms with van der Waals surface area (Å²) in [6.07, 6.45) is 1.61. The van der Waals surface area contributed by atoms with Crippen LogP contribution in [0, 0.1) is 5.92 Å². The van der Waals surface area contributed by atoms with Crippen LogP contribution in [0.25, 0.3) is 0 Å². The Morgan fingerprint density at radius 1 is 1.11 bits per heavy atom. The summed E-state index contributed by atoms with van der Waals surface area (Å²) in [5, 5.41) is 0. The Labute approximate surface area is 161 Å². The first kappa shape index (κ1) is 19.6. The molecule has 5 nitrogen and oxygen atoms in total. The topological polar surface area (TPSA) is 66.5 Å². The number of amides is 1. The quantitative estimate of drug-likeness (QED) is 0.853. The lowest BCUT2D eigenvalue weighted by Gasteiger charge is -2.29. The number of benzene rings is 2. The molecule has 0 radical (unpaired) electrons. The van der Waals surface area contributed by atoms with Crippen molar-refractivity contribution < 1.29 is 13.2 Å². The minimum absolute atomic E-state index is 0.0198. The number of fused-ring (bicyclic) bond motifs is 1. The molecule has 3 rings (SSSR count). The first-order chi connectivity index (χ1) is 12.8. The zero-order valence-corrected chi connectivity index (χ0v) is 16.8. The lowest BCUT2D eigenvalue weighted by molar-refractivity contribution is -0.116. The number of aryl methyl sites for hydroxylation is 1. The van der Waals surface area contributed by atoms with Crippen molar-refractivity contribution in [3.05, 3.63) is 59.7 Å². The van der Waals surface area contributed by atoms with E-state index in [0.717, 1.165) is 29.7 Å². The molecule has 0 aromatic heterocycles. The lowest BCUT2D eigenvalue weighted by Crippen LogP contribution is -2.34. The summed E-state index contributed by atoms with van der Waals surface area (Å²) in [4.78, 5) is 13.8. The summed E-state index contributed by atoms with van der Waals surface area (Å²) in [5.74, 6) is 0.0849. The van der Waals surface area contributed by atoms with Gasteiger partial charge in [-0.05, 0) is 48.1 Å². The van der Waals surface area contributed by atoms with Crippen LogP contribution in [-0.4, -0.2) is 20.9 Å². The van der Waals surface area contributed by atoms with Crippen molar-refractivity contribution in [2.24, 2.45) is 5.92 Å². The van der Waals surface area contributed by atoms with Gasteiger partial charge in [0.05, 0.1) is 4.90 Å². The summed E-state index contributed by atoms with van der Waals surface area (Å²) >= 11 is 0. The summed E-state index contributed by atoms with van der Waals surface area (Å²) < 4.78 is 28.9. The molecule has 0 fully saturated rings. The Morgan fingerprint density at radius 3 is 2.44 bits per heavy atom. The monoisotopic (exact) mass is 386 g/mol. The van der Waals surface area contributed by atoms with E-state index in [9.17, 15) is 13.2 Å². The van der Waals surface area contributed by atoms with Crippen molar-refractivity contribution >= 4 is 21.6 Å². The normalized spacial score (nSPS) is 15.5. The van der Waals surface area contributed by atoms with Gasteiger partial charge in [0.1, 0.15) is 0 Å². The largest absolute Gasteiger partial charge is 0.312 e. The van der Waals surface area contributed by atoms with Gasteiger partial charge in [-0.25, -0.2) is 13.1 Å². The molecule has 0 bridgehead atoms. The average molecular weight is 387 g/mol. The highest BCUT2D eigenvalue weighted by molar-refractivity contribution is 7.89. The van der Waals surface area contributed by atoms with Gasteiger partial charge in [-0.3, -0.25) is 4.79 Å². The van der Waals surface area contributed by atoms with E-state index in [0.29, 0.717) is 6.54 Å². The van der Waals surface area contributed by atoms with Gasteiger partial charge in [-0.2, -0.15) is 0 Å². The summed E-state index contributed by atoms with van der Waals surface area (Å²) in [7, 11) is -3.68. The van der Waals surface area contributed by atoms with Crippen LogP contribution in [0.5, 0.6) is 0 Å². The summed E-state index contributed by atoms with van der Waals surface area (Å²) in [5.41, 5.74) is 2.66. The molecule has 0 aliphatic carbocycles. The Morgan fingerprint density at radius 2 is 1.81 bits per heavy atom. The Kier molecular flexibility index (Phi) is 5.67. The smallest absolute Gasteiger partial charge is 0.241 e. The number of carbonyl (C=O) groups excluding carboxylic acids is 1. The third kappa shape index (κ3) is 4.22. The number of hydrogen-bond donors (Lipinski definition) is 1. The van der Waals surface area contributed by atoms with Gasteiger partial charge in [0.25, 0.3) is 0 Å². The van der Waals surface area contributed by atoms with Crippen molar-refractivity contribution in [3.8, 4) is 0 Å². The number of sulfonamides is 1. The van der Waals surface area contributed by atoms with E-state index >= 15 is 0 Å². The van der Waals surface area contributed by atoms with Crippen LogP contribution in [0.4, 0.5) is 5.69 Å². The van der Waals surface area contributed by atoms with E-state index in [-0.39, 0.29) is 22.8 Å².